The van der Waals surface area contributed by atoms with E-state index in [0.29, 0.717) is 30.1 Å². The highest BCUT2D eigenvalue weighted by molar-refractivity contribution is 7.90. The van der Waals surface area contributed by atoms with Crippen LogP contribution in [0.5, 0.6) is 0 Å². The first-order valence-electron chi connectivity index (χ1n) is 7.76. The van der Waals surface area contributed by atoms with Crippen LogP contribution in [-0.2, 0) is 16.6 Å². The second-order valence-corrected chi connectivity index (χ2v) is 7.97. The van der Waals surface area contributed by atoms with Gasteiger partial charge in [-0.05, 0) is 42.0 Å². The van der Waals surface area contributed by atoms with Crippen molar-refractivity contribution in [3.05, 3.63) is 46.2 Å². The summed E-state index contributed by atoms with van der Waals surface area (Å²) in [5.41, 5.74) is 2.26. The molecule has 1 aromatic heterocycles. The maximum atomic E-state index is 12.6. The van der Waals surface area contributed by atoms with Crippen molar-refractivity contribution in [2.75, 3.05) is 22.7 Å². The molecule has 128 valence electrons. The lowest BCUT2D eigenvalue weighted by atomic mass is 10.1. The number of benzene rings is 1. The number of anilines is 2. The van der Waals surface area contributed by atoms with E-state index in [0.717, 1.165) is 17.7 Å². The van der Waals surface area contributed by atoms with Gasteiger partial charge in [-0.3, -0.25) is 9.52 Å². The average molecular weight is 365 g/mol. The van der Waals surface area contributed by atoms with E-state index >= 15 is 0 Å². The minimum atomic E-state index is -3.60. The summed E-state index contributed by atoms with van der Waals surface area (Å²) in [6, 6.07) is 8.96. The van der Waals surface area contributed by atoms with Crippen molar-refractivity contribution in [1.82, 2.24) is 4.72 Å². The predicted octanol–water partition coefficient (Wildman–Crippen LogP) is 2.61. The van der Waals surface area contributed by atoms with Crippen molar-refractivity contribution >= 4 is 38.8 Å². The summed E-state index contributed by atoms with van der Waals surface area (Å²) in [6.07, 6.45) is 1.49. The number of hydrogen-bond donors (Lipinski definition) is 2. The third kappa shape index (κ3) is 3.61. The minimum Gasteiger partial charge on any atom is -0.307 e. The van der Waals surface area contributed by atoms with Gasteiger partial charge in [-0.25, -0.2) is 0 Å². The van der Waals surface area contributed by atoms with Gasteiger partial charge in [-0.1, -0.05) is 19.1 Å². The summed E-state index contributed by atoms with van der Waals surface area (Å²) >= 11 is 1.40. The zero-order chi connectivity index (χ0) is 17.2. The Balaban J connectivity index is 1.82. The maximum Gasteiger partial charge on any atom is 0.299 e. The molecule has 0 saturated heterocycles. The molecule has 1 aliphatic heterocycles. The Bertz CT molecular complexity index is 832. The molecule has 1 aromatic carbocycles. The highest BCUT2D eigenvalue weighted by atomic mass is 32.2. The van der Waals surface area contributed by atoms with Crippen molar-refractivity contribution in [3.63, 3.8) is 0 Å². The van der Waals surface area contributed by atoms with Crippen LogP contribution in [0.15, 0.2) is 35.7 Å². The number of rotatable bonds is 6. The summed E-state index contributed by atoms with van der Waals surface area (Å²) < 4.78 is 28.9. The lowest BCUT2D eigenvalue weighted by molar-refractivity contribution is 0.0993. The molecule has 24 heavy (non-hydrogen) atoms. The number of carbonyl (C=O) groups is 1. The normalized spacial score (nSPS) is 13.8. The van der Waals surface area contributed by atoms with Gasteiger partial charge in [0.2, 0.25) is 0 Å². The SMILES string of the molecule is CCCNS(=O)(=O)Nc1ccc2c(c1)N(C(=O)c1cccs1)CC2. The van der Waals surface area contributed by atoms with Gasteiger partial charge in [0.05, 0.1) is 10.6 Å². The molecule has 0 bridgehead atoms. The van der Waals surface area contributed by atoms with E-state index in [-0.39, 0.29) is 5.91 Å². The van der Waals surface area contributed by atoms with Crippen LogP contribution in [0.4, 0.5) is 11.4 Å². The Morgan fingerprint density at radius 1 is 1.33 bits per heavy atom. The molecule has 0 unspecified atom stereocenters. The molecule has 0 fully saturated rings. The van der Waals surface area contributed by atoms with Gasteiger partial charge in [-0.15, -0.1) is 11.3 Å². The number of thiophene rings is 1. The minimum absolute atomic E-state index is 0.0483. The van der Waals surface area contributed by atoms with E-state index in [1.165, 1.54) is 11.3 Å². The van der Waals surface area contributed by atoms with Crippen LogP contribution in [0, 0.1) is 0 Å². The van der Waals surface area contributed by atoms with Gasteiger partial charge in [0.15, 0.2) is 0 Å². The van der Waals surface area contributed by atoms with E-state index in [1.54, 1.807) is 23.1 Å². The van der Waals surface area contributed by atoms with Crippen molar-refractivity contribution < 1.29 is 13.2 Å². The standard InChI is InChI=1S/C16H19N3O3S2/c1-2-8-17-24(21,22)18-13-6-5-12-7-9-19(14(12)11-13)16(20)15-4-3-10-23-15/h3-6,10-11,17-18H,2,7-9H2,1H3. The molecule has 1 aliphatic rings. The van der Waals surface area contributed by atoms with Crippen LogP contribution in [0.25, 0.3) is 0 Å². The van der Waals surface area contributed by atoms with Gasteiger partial charge in [-0.2, -0.15) is 13.1 Å². The van der Waals surface area contributed by atoms with Gasteiger partial charge >= 0.3 is 0 Å². The first-order valence-corrected chi connectivity index (χ1v) is 10.1. The van der Waals surface area contributed by atoms with E-state index in [4.69, 9.17) is 0 Å². The summed E-state index contributed by atoms with van der Waals surface area (Å²) in [5, 5.41) is 1.87. The van der Waals surface area contributed by atoms with Crippen LogP contribution in [0.1, 0.15) is 28.6 Å². The van der Waals surface area contributed by atoms with E-state index in [9.17, 15) is 13.2 Å². The Hall–Kier alpha value is -1.90. The summed E-state index contributed by atoms with van der Waals surface area (Å²) in [6.45, 7) is 2.88. The fourth-order valence-corrected chi connectivity index (χ4v) is 4.27. The number of fused-ring (bicyclic) bond motifs is 1. The Kier molecular flexibility index (Phi) is 4.88. The van der Waals surface area contributed by atoms with Crippen LogP contribution in [0.2, 0.25) is 0 Å². The molecule has 0 radical (unpaired) electrons. The molecule has 6 nitrogen and oxygen atoms in total. The fraction of sp³-hybridized carbons (Fsp3) is 0.312. The first-order chi connectivity index (χ1) is 11.5. The second kappa shape index (κ2) is 6.92. The zero-order valence-electron chi connectivity index (χ0n) is 13.3. The molecule has 0 aliphatic carbocycles. The quantitative estimate of drug-likeness (QED) is 0.826. The number of hydrogen-bond acceptors (Lipinski definition) is 4. The molecule has 2 aromatic rings. The van der Waals surface area contributed by atoms with Gasteiger partial charge in [0.1, 0.15) is 0 Å². The lowest BCUT2D eigenvalue weighted by Crippen LogP contribution is -2.31. The molecule has 0 atom stereocenters. The fourth-order valence-electron chi connectivity index (χ4n) is 2.61. The van der Waals surface area contributed by atoms with Crippen molar-refractivity contribution in [3.8, 4) is 0 Å². The van der Waals surface area contributed by atoms with Crippen LogP contribution >= 0.6 is 11.3 Å². The topological polar surface area (TPSA) is 78.5 Å². The van der Waals surface area contributed by atoms with Crippen LogP contribution in [0.3, 0.4) is 0 Å². The Morgan fingerprint density at radius 2 is 2.17 bits per heavy atom. The molecule has 0 spiro atoms. The number of carbonyl (C=O) groups excluding carboxylic acids is 1. The molecular formula is C16H19N3O3S2. The van der Waals surface area contributed by atoms with Crippen LogP contribution in [-0.4, -0.2) is 27.4 Å². The van der Waals surface area contributed by atoms with E-state index in [1.807, 2.05) is 24.4 Å². The zero-order valence-corrected chi connectivity index (χ0v) is 14.9. The summed E-state index contributed by atoms with van der Waals surface area (Å²) in [4.78, 5) is 15.0. The molecule has 2 N–H and O–H groups in total. The number of amides is 1. The second-order valence-electron chi connectivity index (χ2n) is 5.53. The highest BCUT2D eigenvalue weighted by Gasteiger charge is 2.26. The lowest BCUT2D eigenvalue weighted by Gasteiger charge is -2.17. The van der Waals surface area contributed by atoms with Crippen molar-refractivity contribution in [2.24, 2.45) is 0 Å². The number of nitrogens with zero attached hydrogens (tertiary/aromatic N) is 1. The largest absolute Gasteiger partial charge is 0.307 e. The van der Waals surface area contributed by atoms with Crippen molar-refractivity contribution in [2.45, 2.75) is 19.8 Å². The monoisotopic (exact) mass is 365 g/mol. The van der Waals surface area contributed by atoms with E-state index < -0.39 is 10.2 Å². The third-order valence-corrected chi connectivity index (χ3v) is 5.70. The maximum absolute atomic E-state index is 12.6. The van der Waals surface area contributed by atoms with Gasteiger partial charge in [0.25, 0.3) is 16.1 Å². The Morgan fingerprint density at radius 3 is 2.88 bits per heavy atom. The molecular weight excluding hydrogens is 346 g/mol. The molecule has 8 heteroatoms. The highest BCUT2D eigenvalue weighted by Crippen LogP contribution is 2.32. The van der Waals surface area contributed by atoms with Crippen LogP contribution < -0.4 is 14.3 Å². The van der Waals surface area contributed by atoms with Gasteiger partial charge in [0, 0.05) is 18.8 Å². The average Bonchev–Trinajstić information content (AvgIpc) is 3.21. The predicted molar refractivity (Wildman–Crippen MR) is 97.0 cm³/mol. The first kappa shape index (κ1) is 16.9. The number of nitrogens with one attached hydrogen (secondary N) is 2. The molecule has 0 saturated carbocycles. The third-order valence-electron chi connectivity index (χ3n) is 3.75. The molecule has 2 heterocycles. The van der Waals surface area contributed by atoms with E-state index in [2.05, 4.69) is 9.44 Å². The molecule has 3 rings (SSSR count). The van der Waals surface area contributed by atoms with Crippen molar-refractivity contribution in [1.29, 1.82) is 0 Å². The van der Waals surface area contributed by atoms with Gasteiger partial charge < -0.3 is 4.90 Å². The summed E-state index contributed by atoms with van der Waals surface area (Å²) in [5.74, 6) is -0.0483. The summed E-state index contributed by atoms with van der Waals surface area (Å²) in [7, 11) is -3.60. The Labute approximate surface area is 145 Å². The molecule has 1 amide bonds. The smallest absolute Gasteiger partial charge is 0.299 e.